The standard InChI is InChI=1S/C15H21N3O2S/c1-3-14(11-16)21(19,20)18-10-9-17(2)12-15(18)13-7-5-4-6-8-13/h4-8,14-15H,3,9-10,12H2,1-2H3. The van der Waals surface area contributed by atoms with Crippen LogP contribution in [-0.4, -0.2) is 49.6 Å². The van der Waals surface area contributed by atoms with Crippen LogP contribution in [0.4, 0.5) is 0 Å². The van der Waals surface area contributed by atoms with E-state index in [0.29, 0.717) is 26.1 Å². The molecule has 1 aromatic rings. The highest BCUT2D eigenvalue weighted by Crippen LogP contribution is 2.29. The molecule has 1 heterocycles. The first-order valence-electron chi connectivity index (χ1n) is 7.14. The summed E-state index contributed by atoms with van der Waals surface area (Å²) in [5.74, 6) is 0. The summed E-state index contributed by atoms with van der Waals surface area (Å²) in [4.78, 5) is 2.12. The van der Waals surface area contributed by atoms with Crippen LogP contribution in [0.15, 0.2) is 30.3 Å². The summed E-state index contributed by atoms with van der Waals surface area (Å²) in [7, 11) is -1.61. The molecule has 0 radical (unpaired) electrons. The van der Waals surface area contributed by atoms with E-state index in [1.54, 1.807) is 6.92 Å². The molecule has 1 fully saturated rings. The molecule has 114 valence electrons. The summed E-state index contributed by atoms with van der Waals surface area (Å²) in [6.45, 7) is 3.49. The Morgan fingerprint density at radius 1 is 1.33 bits per heavy atom. The second-order valence-corrected chi connectivity index (χ2v) is 7.44. The summed E-state index contributed by atoms with van der Waals surface area (Å²) in [6, 6.07) is 11.3. The summed E-state index contributed by atoms with van der Waals surface area (Å²) >= 11 is 0. The first-order chi connectivity index (χ1) is 10.0. The van der Waals surface area contributed by atoms with E-state index in [-0.39, 0.29) is 6.04 Å². The van der Waals surface area contributed by atoms with Crippen LogP contribution in [0.5, 0.6) is 0 Å². The number of benzene rings is 1. The fourth-order valence-corrected chi connectivity index (χ4v) is 4.45. The normalized spacial score (nSPS) is 22.6. The molecule has 0 aliphatic carbocycles. The van der Waals surface area contributed by atoms with Gasteiger partial charge in [-0.15, -0.1) is 0 Å². The molecule has 0 saturated carbocycles. The molecular formula is C15H21N3O2S. The maximum absolute atomic E-state index is 12.7. The van der Waals surface area contributed by atoms with E-state index < -0.39 is 15.3 Å². The van der Waals surface area contributed by atoms with Crippen LogP contribution >= 0.6 is 0 Å². The van der Waals surface area contributed by atoms with Crippen molar-refractivity contribution >= 4 is 10.0 Å². The summed E-state index contributed by atoms with van der Waals surface area (Å²) in [5.41, 5.74) is 0.973. The Morgan fingerprint density at radius 2 is 2.00 bits per heavy atom. The molecule has 1 aliphatic heterocycles. The molecule has 0 aromatic heterocycles. The van der Waals surface area contributed by atoms with E-state index in [0.717, 1.165) is 5.56 Å². The predicted molar refractivity (Wildman–Crippen MR) is 82.0 cm³/mol. The number of rotatable bonds is 4. The maximum Gasteiger partial charge on any atom is 0.231 e. The minimum absolute atomic E-state index is 0.225. The van der Waals surface area contributed by atoms with E-state index in [2.05, 4.69) is 4.90 Å². The van der Waals surface area contributed by atoms with Crippen molar-refractivity contribution in [1.82, 2.24) is 9.21 Å². The van der Waals surface area contributed by atoms with Gasteiger partial charge in [0.25, 0.3) is 0 Å². The summed E-state index contributed by atoms with van der Waals surface area (Å²) in [6.07, 6.45) is 0.312. The van der Waals surface area contributed by atoms with Gasteiger partial charge >= 0.3 is 0 Å². The van der Waals surface area contributed by atoms with Crippen molar-refractivity contribution in [3.63, 3.8) is 0 Å². The third kappa shape index (κ3) is 3.26. The van der Waals surface area contributed by atoms with Crippen LogP contribution in [0.25, 0.3) is 0 Å². The van der Waals surface area contributed by atoms with Crippen LogP contribution in [0.1, 0.15) is 24.9 Å². The number of hydrogen-bond donors (Lipinski definition) is 0. The molecule has 0 N–H and O–H groups in total. The molecule has 1 aromatic carbocycles. The van der Waals surface area contributed by atoms with Crippen molar-refractivity contribution in [3.8, 4) is 6.07 Å². The molecule has 2 rings (SSSR count). The van der Waals surface area contributed by atoms with E-state index in [4.69, 9.17) is 5.26 Å². The highest BCUT2D eigenvalue weighted by atomic mass is 32.2. The van der Waals surface area contributed by atoms with E-state index in [1.165, 1.54) is 4.31 Å². The van der Waals surface area contributed by atoms with Crippen molar-refractivity contribution in [2.45, 2.75) is 24.6 Å². The van der Waals surface area contributed by atoms with E-state index >= 15 is 0 Å². The molecule has 0 bridgehead atoms. The second kappa shape index (κ2) is 6.56. The fourth-order valence-electron chi connectivity index (χ4n) is 2.69. The number of nitrogens with zero attached hydrogens (tertiary/aromatic N) is 3. The lowest BCUT2D eigenvalue weighted by molar-refractivity contribution is 0.160. The zero-order valence-corrected chi connectivity index (χ0v) is 13.3. The van der Waals surface area contributed by atoms with E-state index in [1.807, 2.05) is 43.4 Å². The van der Waals surface area contributed by atoms with Crippen LogP contribution in [0.3, 0.4) is 0 Å². The quantitative estimate of drug-likeness (QED) is 0.847. The molecular weight excluding hydrogens is 286 g/mol. The highest BCUT2D eigenvalue weighted by Gasteiger charge is 2.39. The van der Waals surface area contributed by atoms with Gasteiger partial charge in [0.15, 0.2) is 5.25 Å². The van der Waals surface area contributed by atoms with Crippen molar-refractivity contribution in [1.29, 1.82) is 5.26 Å². The molecule has 0 amide bonds. The van der Waals surface area contributed by atoms with Crippen LogP contribution in [-0.2, 0) is 10.0 Å². The van der Waals surface area contributed by atoms with Gasteiger partial charge in [0.2, 0.25) is 10.0 Å². The molecule has 0 spiro atoms. The maximum atomic E-state index is 12.7. The molecule has 2 unspecified atom stereocenters. The Bertz CT molecular complexity index is 610. The second-order valence-electron chi connectivity index (χ2n) is 5.37. The van der Waals surface area contributed by atoms with Crippen molar-refractivity contribution in [2.24, 2.45) is 0 Å². The topological polar surface area (TPSA) is 64.4 Å². The molecule has 1 aliphatic rings. The fraction of sp³-hybridized carbons (Fsp3) is 0.533. The minimum atomic E-state index is -3.60. The van der Waals surface area contributed by atoms with Crippen molar-refractivity contribution in [2.75, 3.05) is 26.7 Å². The SMILES string of the molecule is CCC(C#N)S(=O)(=O)N1CCN(C)CC1c1ccccc1. The lowest BCUT2D eigenvalue weighted by Crippen LogP contribution is -2.51. The zero-order valence-electron chi connectivity index (χ0n) is 12.4. The first-order valence-corrected chi connectivity index (χ1v) is 8.64. The Balaban J connectivity index is 2.38. The van der Waals surface area contributed by atoms with Gasteiger partial charge < -0.3 is 4.90 Å². The third-order valence-electron chi connectivity index (χ3n) is 3.92. The van der Waals surface area contributed by atoms with Gasteiger partial charge in [-0.1, -0.05) is 37.3 Å². The van der Waals surface area contributed by atoms with Gasteiger partial charge in [-0.05, 0) is 19.0 Å². The predicted octanol–water partition coefficient (Wildman–Crippen LogP) is 1.61. The number of likely N-dealkylation sites (N-methyl/N-ethyl adjacent to an activating group) is 1. The van der Waals surface area contributed by atoms with Gasteiger partial charge in [0, 0.05) is 19.6 Å². The van der Waals surface area contributed by atoms with Crippen LogP contribution in [0, 0.1) is 11.3 Å². The molecule has 1 saturated heterocycles. The highest BCUT2D eigenvalue weighted by molar-refractivity contribution is 7.90. The number of piperazine rings is 1. The smallest absolute Gasteiger partial charge is 0.231 e. The zero-order chi connectivity index (χ0) is 15.5. The average Bonchev–Trinajstić information content (AvgIpc) is 2.48. The molecule has 5 nitrogen and oxygen atoms in total. The summed E-state index contributed by atoms with van der Waals surface area (Å²) < 4.78 is 27.0. The molecule has 21 heavy (non-hydrogen) atoms. The van der Waals surface area contributed by atoms with Gasteiger partial charge in [0.1, 0.15) is 0 Å². The van der Waals surface area contributed by atoms with Gasteiger partial charge in [-0.2, -0.15) is 9.57 Å². The lowest BCUT2D eigenvalue weighted by Gasteiger charge is -2.40. The van der Waals surface area contributed by atoms with Crippen LogP contribution < -0.4 is 0 Å². The third-order valence-corrected chi connectivity index (χ3v) is 6.17. The lowest BCUT2D eigenvalue weighted by atomic mass is 10.1. The minimum Gasteiger partial charge on any atom is -0.303 e. The Hall–Kier alpha value is -1.42. The Kier molecular flexibility index (Phi) is 4.99. The average molecular weight is 307 g/mol. The van der Waals surface area contributed by atoms with Gasteiger partial charge in [-0.25, -0.2) is 8.42 Å². The first kappa shape index (κ1) is 16.0. The molecule has 2 atom stereocenters. The van der Waals surface area contributed by atoms with Crippen LogP contribution in [0.2, 0.25) is 0 Å². The number of nitriles is 1. The van der Waals surface area contributed by atoms with Gasteiger partial charge in [0.05, 0.1) is 12.1 Å². The van der Waals surface area contributed by atoms with E-state index in [9.17, 15) is 8.42 Å². The summed E-state index contributed by atoms with van der Waals surface area (Å²) in [5, 5.41) is 8.17. The van der Waals surface area contributed by atoms with Crippen molar-refractivity contribution < 1.29 is 8.42 Å². The largest absolute Gasteiger partial charge is 0.303 e. The number of sulfonamides is 1. The number of hydrogen-bond acceptors (Lipinski definition) is 4. The Morgan fingerprint density at radius 3 is 2.57 bits per heavy atom. The Labute approximate surface area is 126 Å². The van der Waals surface area contributed by atoms with Crippen molar-refractivity contribution in [3.05, 3.63) is 35.9 Å². The monoisotopic (exact) mass is 307 g/mol. The molecule has 6 heteroatoms. The van der Waals surface area contributed by atoms with Gasteiger partial charge in [-0.3, -0.25) is 0 Å².